The summed E-state index contributed by atoms with van der Waals surface area (Å²) in [6.07, 6.45) is 0. The van der Waals surface area contributed by atoms with Crippen LogP contribution in [-0.4, -0.2) is 28.9 Å². The zero-order valence-electron chi connectivity index (χ0n) is 10.9. The maximum absolute atomic E-state index is 5.92. The quantitative estimate of drug-likeness (QED) is 0.645. The summed E-state index contributed by atoms with van der Waals surface area (Å²) in [4.78, 5) is 12.0. The number of nitrogens with one attached hydrogen (secondary N) is 3. The Balaban J connectivity index is 1.80. The number of pyridine rings is 1. The molecule has 0 aliphatic heterocycles. The SMILES string of the molecule is CNc1ccc(Cl)nc1NCc1nc2cbccc2[nH]1. The fourth-order valence-corrected chi connectivity index (χ4v) is 2.18. The van der Waals surface area contributed by atoms with E-state index in [1.54, 1.807) is 6.07 Å². The average molecular weight is 286 g/mol. The van der Waals surface area contributed by atoms with Gasteiger partial charge in [-0.1, -0.05) is 0 Å². The minimum absolute atomic E-state index is 0.455. The summed E-state index contributed by atoms with van der Waals surface area (Å²) in [6.45, 7) is 2.52. The van der Waals surface area contributed by atoms with E-state index >= 15 is 0 Å². The number of rotatable bonds is 4. The molecule has 0 amide bonds. The number of aromatic nitrogens is 3. The number of H-pyrrole nitrogens is 1. The first-order valence-electron chi connectivity index (χ1n) is 6.28. The maximum atomic E-state index is 5.92. The predicted octanol–water partition coefficient (Wildman–Crippen LogP) is 2.60. The van der Waals surface area contributed by atoms with Gasteiger partial charge in [0.1, 0.15) is 0 Å². The van der Waals surface area contributed by atoms with Crippen LogP contribution in [0.4, 0.5) is 11.5 Å². The van der Waals surface area contributed by atoms with Gasteiger partial charge in [-0.15, -0.1) is 0 Å². The summed E-state index contributed by atoms with van der Waals surface area (Å²) >= 11 is 5.92. The molecule has 3 heterocycles. The van der Waals surface area contributed by atoms with Crippen LogP contribution >= 0.6 is 11.6 Å². The van der Waals surface area contributed by atoms with E-state index in [-0.39, 0.29) is 0 Å². The molecule has 0 atom stereocenters. The molecule has 3 N–H and O–H groups in total. The first-order chi connectivity index (χ1) is 9.76. The van der Waals surface area contributed by atoms with Crippen LogP contribution in [0.5, 0.6) is 0 Å². The van der Waals surface area contributed by atoms with Crippen molar-refractivity contribution in [1.82, 2.24) is 15.0 Å². The van der Waals surface area contributed by atoms with Crippen molar-refractivity contribution in [2.24, 2.45) is 0 Å². The summed E-state index contributed by atoms with van der Waals surface area (Å²) in [7, 11) is 1.84. The van der Waals surface area contributed by atoms with Gasteiger partial charge in [-0.25, -0.2) is 0 Å². The molecular weight excluding hydrogens is 272 g/mol. The monoisotopic (exact) mass is 285 g/mol. The van der Waals surface area contributed by atoms with Crippen LogP contribution in [0.2, 0.25) is 5.15 Å². The number of nitrogens with zero attached hydrogens (tertiary/aromatic N) is 2. The molecule has 0 saturated heterocycles. The molecule has 3 aromatic heterocycles. The van der Waals surface area contributed by atoms with Crippen molar-refractivity contribution < 1.29 is 0 Å². The molecule has 3 rings (SSSR count). The summed E-state index contributed by atoms with van der Waals surface area (Å²) in [5.41, 5.74) is 2.87. The Kier molecular flexibility index (Phi) is 3.56. The van der Waals surface area contributed by atoms with E-state index in [1.807, 2.05) is 38.0 Å². The third-order valence-corrected chi connectivity index (χ3v) is 3.20. The zero-order chi connectivity index (χ0) is 13.9. The molecule has 0 aliphatic carbocycles. The van der Waals surface area contributed by atoms with Crippen molar-refractivity contribution in [2.45, 2.75) is 6.54 Å². The van der Waals surface area contributed by atoms with Gasteiger partial charge in [0.25, 0.3) is 0 Å². The van der Waals surface area contributed by atoms with Crippen molar-refractivity contribution in [2.75, 3.05) is 17.7 Å². The van der Waals surface area contributed by atoms with Gasteiger partial charge in [0.05, 0.1) is 0 Å². The Morgan fingerprint density at radius 2 is 2.20 bits per heavy atom. The molecule has 0 fully saturated rings. The van der Waals surface area contributed by atoms with Gasteiger partial charge in [-0.3, -0.25) is 0 Å². The first kappa shape index (κ1) is 12.9. The van der Waals surface area contributed by atoms with Gasteiger partial charge < -0.3 is 0 Å². The van der Waals surface area contributed by atoms with E-state index in [4.69, 9.17) is 11.6 Å². The van der Waals surface area contributed by atoms with Gasteiger partial charge >= 0.3 is 121 Å². The van der Waals surface area contributed by atoms with E-state index < -0.39 is 0 Å². The Hall–Kier alpha value is -2.08. The molecule has 0 aliphatic rings. The molecule has 0 spiro atoms. The number of fused-ring (bicyclic) bond motifs is 1. The number of hydrogen-bond acceptors (Lipinski definition) is 4. The van der Waals surface area contributed by atoms with Crippen molar-refractivity contribution in [3.8, 4) is 0 Å². The van der Waals surface area contributed by atoms with Gasteiger partial charge in [0.2, 0.25) is 0 Å². The van der Waals surface area contributed by atoms with Crippen molar-refractivity contribution >= 4 is 41.1 Å². The number of halogens is 1. The summed E-state index contributed by atoms with van der Waals surface area (Å²) in [6, 6.07) is 5.64. The Bertz CT molecular complexity index is 709. The zero-order valence-corrected chi connectivity index (χ0v) is 11.7. The van der Waals surface area contributed by atoms with Gasteiger partial charge in [-0.2, -0.15) is 0 Å². The molecule has 0 radical (unpaired) electrons. The molecule has 3 aromatic rings. The average Bonchev–Trinajstić information content (AvgIpc) is 2.88. The topological polar surface area (TPSA) is 65.6 Å². The normalized spacial score (nSPS) is 10.5. The summed E-state index contributed by atoms with van der Waals surface area (Å²) in [5, 5.41) is 6.76. The van der Waals surface area contributed by atoms with E-state index in [0.717, 1.165) is 22.5 Å². The van der Waals surface area contributed by atoms with Crippen molar-refractivity contribution in [3.63, 3.8) is 0 Å². The molecular formula is C13H13BClN5. The third kappa shape index (κ3) is 2.60. The van der Waals surface area contributed by atoms with Crippen LogP contribution < -0.4 is 10.6 Å². The molecule has 0 aromatic carbocycles. The first-order valence-corrected chi connectivity index (χ1v) is 6.66. The Morgan fingerprint density at radius 1 is 1.30 bits per heavy atom. The van der Waals surface area contributed by atoms with Crippen LogP contribution in [0, 0.1) is 0 Å². The Labute approximate surface area is 122 Å². The second-order valence-corrected chi connectivity index (χ2v) is 4.72. The standard InChI is InChI=1S/C13H13BClN5/c1-16-9-2-3-11(15)20-13(9)17-7-12-18-8-4-5-14-6-10(8)19-12/h2-6,16H,7H2,1H3,(H,17,20)(H,18,19). The number of hydrogen-bond donors (Lipinski definition) is 3. The van der Waals surface area contributed by atoms with Gasteiger partial charge in [-0.05, 0) is 0 Å². The molecule has 0 bridgehead atoms. The third-order valence-electron chi connectivity index (χ3n) is 2.99. The van der Waals surface area contributed by atoms with E-state index in [2.05, 4.69) is 25.6 Å². The van der Waals surface area contributed by atoms with Crippen LogP contribution in [-0.2, 0) is 6.54 Å². The fraction of sp³-hybridized carbons (Fsp3) is 0.154. The van der Waals surface area contributed by atoms with Crippen LogP contribution in [0.15, 0.2) is 30.1 Å². The summed E-state index contributed by atoms with van der Waals surface area (Å²) in [5.74, 6) is 5.52. The molecule has 0 saturated carbocycles. The molecule has 7 heteroatoms. The van der Waals surface area contributed by atoms with Crippen molar-refractivity contribution in [3.05, 3.63) is 41.1 Å². The van der Waals surface area contributed by atoms with Gasteiger partial charge in [0, 0.05) is 0 Å². The van der Waals surface area contributed by atoms with E-state index in [0.29, 0.717) is 17.5 Å². The van der Waals surface area contributed by atoms with Crippen molar-refractivity contribution in [1.29, 1.82) is 0 Å². The summed E-state index contributed by atoms with van der Waals surface area (Å²) < 4.78 is 0. The number of aromatic amines is 1. The molecule has 0 unspecified atom stereocenters. The predicted molar refractivity (Wildman–Crippen MR) is 83.6 cm³/mol. The van der Waals surface area contributed by atoms with Crippen LogP contribution in [0.3, 0.4) is 0 Å². The molecule has 100 valence electrons. The molecule has 5 nitrogen and oxygen atoms in total. The van der Waals surface area contributed by atoms with Gasteiger partial charge in [0.15, 0.2) is 0 Å². The Morgan fingerprint density at radius 3 is 3.00 bits per heavy atom. The second kappa shape index (κ2) is 5.50. The second-order valence-electron chi connectivity index (χ2n) is 4.33. The fourth-order valence-electron chi connectivity index (χ4n) is 2.03. The van der Waals surface area contributed by atoms with Crippen LogP contribution in [0.1, 0.15) is 5.82 Å². The number of anilines is 2. The number of imidazole rings is 1. The van der Waals surface area contributed by atoms with Crippen LogP contribution in [0.25, 0.3) is 11.0 Å². The van der Waals surface area contributed by atoms with E-state index in [9.17, 15) is 0 Å². The molecule has 20 heavy (non-hydrogen) atoms. The van der Waals surface area contributed by atoms with E-state index in [1.165, 1.54) is 0 Å². The minimum atomic E-state index is 0.455.